The van der Waals surface area contributed by atoms with Gasteiger partial charge in [0, 0.05) is 11.6 Å². The summed E-state index contributed by atoms with van der Waals surface area (Å²) in [5.74, 6) is 0.826. The minimum atomic E-state index is -2.94. The molecule has 10 heteroatoms. The molecule has 1 N–H and O–H groups in total. The van der Waals surface area contributed by atoms with Gasteiger partial charge in [0.25, 0.3) is 0 Å². The topological polar surface area (TPSA) is 112 Å². The van der Waals surface area contributed by atoms with Gasteiger partial charge in [-0.25, -0.2) is 13.1 Å². The molecule has 0 unspecified atom stereocenters. The molecule has 0 aliphatic heterocycles. The maximum Gasteiger partial charge on any atom is 0.308 e. The summed E-state index contributed by atoms with van der Waals surface area (Å²) in [7, 11) is -1.28. The fourth-order valence-electron chi connectivity index (χ4n) is 3.53. The van der Waals surface area contributed by atoms with E-state index in [0.717, 1.165) is 42.7 Å². The Hall–Kier alpha value is -2.46. The summed E-state index contributed by atoms with van der Waals surface area (Å²) in [5.41, 5.74) is 1.93. The van der Waals surface area contributed by atoms with Gasteiger partial charge in [-0.3, -0.25) is 4.79 Å². The van der Waals surface area contributed by atoms with Gasteiger partial charge in [0.05, 0.1) is 30.5 Å². The number of sulfonamides is 1. The Morgan fingerprint density at radius 3 is 2.03 bits per heavy atom. The molecule has 4 rings (SSSR count). The molecule has 0 bridgehead atoms. The molecular weight excluding hydrogens is 492 g/mol. The number of nitrogens with one attached hydrogen (secondary N) is 1. The third-order valence-corrected chi connectivity index (χ3v) is 7.92. The van der Waals surface area contributed by atoms with E-state index in [-0.39, 0.29) is 35.3 Å². The second kappa shape index (κ2) is 14.5. The SMILES string of the molecule is CC(C)C(=O)OC1CCCC1.CC(C)NS(=O)(=O)C1CC1.COc1ccc(-c2cnn(C(C)C)n2)cc1. The number of ether oxygens (including phenoxy) is 2. The Bertz CT molecular complexity index is 1050. The predicted octanol–water partition coefficient (Wildman–Crippen LogP) is 5.14. The molecule has 37 heavy (non-hydrogen) atoms. The zero-order valence-corrected chi connectivity index (χ0v) is 24.1. The molecule has 2 aliphatic carbocycles. The Morgan fingerprint density at radius 2 is 1.59 bits per heavy atom. The van der Waals surface area contributed by atoms with Gasteiger partial charge in [-0.1, -0.05) is 13.8 Å². The zero-order chi connectivity index (χ0) is 27.6. The van der Waals surface area contributed by atoms with Crippen LogP contribution in [0.15, 0.2) is 30.5 Å². The first kappa shape index (κ1) is 30.8. The van der Waals surface area contributed by atoms with Crippen molar-refractivity contribution < 1.29 is 22.7 Å². The van der Waals surface area contributed by atoms with Crippen LogP contribution in [0.2, 0.25) is 0 Å². The highest BCUT2D eigenvalue weighted by Gasteiger charge is 2.35. The molecule has 2 saturated carbocycles. The monoisotopic (exact) mass is 536 g/mol. The molecule has 1 aromatic carbocycles. The molecule has 0 amide bonds. The van der Waals surface area contributed by atoms with Crippen LogP contribution in [0.5, 0.6) is 5.75 Å². The van der Waals surface area contributed by atoms with E-state index in [2.05, 4.69) is 28.8 Å². The van der Waals surface area contributed by atoms with Gasteiger partial charge in [0.15, 0.2) is 0 Å². The van der Waals surface area contributed by atoms with E-state index in [9.17, 15) is 13.2 Å². The van der Waals surface area contributed by atoms with Gasteiger partial charge >= 0.3 is 5.97 Å². The smallest absolute Gasteiger partial charge is 0.308 e. The van der Waals surface area contributed by atoms with Gasteiger partial charge in [-0.15, -0.1) is 0 Å². The minimum absolute atomic E-state index is 0.0237. The Kier molecular flexibility index (Phi) is 12.0. The number of benzene rings is 1. The van der Waals surface area contributed by atoms with Crippen molar-refractivity contribution in [3.05, 3.63) is 30.5 Å². The van der Waals surface area contributed by atoms with Gasteiger partial charge in [-0.05, 0) is 90.5 Å². The minimum Gasteiger partial charge on any atom is -0.497 e. The summed E-state index contributed by atoms with van der Waals surface area (Å²) < 4.78 is 35.1. The van der Waals surface area contributed by atoms with Crippen molar-refractivity contribution >= 4 is 16.0 Å². The first-order valence-electron chi connectivity index (χ1n) is 13.2. The number of rotatable bonds is 8. The lowest BCUT2D eigenvalue weighted by atomic mass is 10.2. The summed E-state index contributed by atoms with van der Waals surface area (Å²) in [6.07, 6.45) is 8.25. The Balaban J connectivity index is 0.000000203. The zero-order valence-electron chi connectivity index (χ0n) is 23.3. The second-order valence-electron chi connectivity index (χ2n) is 10.4. The molecule has 208 valence electrons. The quantitative estimate of drug-likeness (QED) is 0.465. The van der Waals surface area contributed by atoms with Crippen molar-refractivity contribution in [3.63, 3.8) is 0 Å². The number of hydrogen-bond donors (Lipinski definition) is 1. The van der Waals surface area contributed by atoms with Crippen LogP contribution in [-0.2, 0) is 19.6 Å². The highest BCUT2D eigenvalue weighted by atomic mass is 32.2. The van der Waals surface area contributed by atoms with Crippen molar-refractivity contribution in [1.29, 1.82) is 0 Å². The Morgan fingerprint density at radius 1 is 1.00 bits per heavy atom. The largest absolute Gasteiger partial charge is 0.497 e. The highest BCUT2D eigenvalue weighted by molar-refractivity contribution is 7.90. The fraction of sp³-hybridized carbons (Fsp3) is 0.667. The average Bonchev–Trinajstić information content (AvgIpc) is 3.38. The summed E-state index contributed by atoms with van der Waals surface area (Å²) >= 11 is 0. The van der Waals surface area contributed by atoms with Crippen LogP contribution in [0.4, 0.5) is 0 Å². The first-order chi connectivity index (χ1) is 17.4. The standard InChI is InChI=1S/C12H15N3O.C9H16O2.C6H13NO2S/c1-9(2)15-13-8-12(14-15)10-4-6-11(16-3)7-5-10;1-7(2)9(10)11-8-5-3-4-6-8;1-5(2)7-10(8,9)6-3-4-6/h4-9H,1-3H3;7-8H,3-6H2,1-2H3;5-7H,3-4H2,1-2H3. The van der Waals surface area contributed by atoms with Crippen LogP contribution in [0, 0.1) is 5.92 Å². The van der Waals surface area contributed by atoms with E-state index in [1.807, 2.05) is 52.0 Å². The van der Waals surface area contributed by atoms with Gasteiger partial charge < -0.3 is 9.47 Å². The lowest BCUT2D eigenvalue weighted by Gasteiger charge is -2.12. The number of nitrogens with zero attached hydrogens (tertiary/aromatic N) is 3. The summed E-state index contributed by atoms with van der Waals surface area (Å²) in [6.45, 7) is 11.5. The fourth-order valence-corrected chi connectivity index (χ4v) is 5.13. The van der Waals surface area contributed by atoms with Crippen LogP contribution >= 0.6 is 0 Å². The van der Waals surface area contributed by atoms with Crippen molar-refractivity contribution in [1.82, 2.24) is 19.7 Å². The third kappa shape index (κ3) is 10.8. The second-order valence-corrected chi connectivity index (χ2v) is 12.4. The van der Waals surface area contributed by atoms with Gasteiger partial charge in [-0.2, -0.15) is 15.0 Å². The molecule has 0 atom stereocenters. The average molecular weight is 537 g/mol. The Labute approximate surface area is 222 Å². The maximum atomic E-state index is 11.1. The number of methoxy groups -OCH3 is 1. The lowest BCUT2D eigenvalue weighted by molar-refractivity contribution is -0.152. The summed E-state index contributed by atoms with van der Waals surface area (Å²) in [6, 6.07) is 8.12. The predicted molar refractivity (Wildman–Crippen MR) is 146 cm³/mol. The molecule has 2 fully saturated rings. The molecule has 1 aromatic heterocycles. The number of carbonyl (C=O) groups excluding carboxylic acids is 1. The normalized spacial score (nSPS) is 15.7. The van der Waals surface area contributed by atoms with Crippen molar-refractivity contribution in [2.75, 3.05) is 7.11 Å². The van der Waals surface area contributed by atoms with Gasteiger partial charge in [0.2, 0.25) is 10.0 Å². The molecule has 1 heterocycles. The highest BCUT2D eigenvalue weighted by Crippen LogP contribution is 2.27. The number of carbonyl (C=O) groups is 1. The maximum absolute atomic E-state index is 11.1. The number of esters is 1. The number of aromatic nitrogens is 3. The molecular formula is C27H44N4O5S. The van der Waals surface area contributed by atoms with Crippen LogP contribution in [0.1, 0.15) is 86.1 Å². The van der Waals surface area contributed by atoms with E-state index < -0.39 is 10.0 Å². The van der Waals surface area contributed by atoms with Crippen LogP contribution < -0.4 is 9.46 Å². The van der Waals surface area contributed by atoms with Crippen LogP contribution in [-0.4, -0.2) is 53.9 Å². The van der Waals surface area contributed by atoms with E-state index in [4.69, 9.17) is 9.47 Å². The first-order valence-corrected chi connectivity index (χ1v) is 14.8. The summed E-state index contributed by atoms with van der Waals surface area (Å²) in [5, 5.41) is 8.52. The number of hydrogen-bond acceptors (Lipinski definition) is 7. The van der Waals surface area contributed by atoms with E-state index in [1.54, 1.807) is 18.1 Å². The molecule has 2 aliphatic rings. The summed E-state index contributed by atoms with van der Waals surface area (Å²) in [4.78, 5) is 12.8. The van der Waals surface area contributed by atoms with Crippen molar-refractivity contribution in [2.45, 2.75) is 104 Å². The van der Waals surface area contributed by atoms with Gasteiger partial charge in [0.1, 0.15) is 17.5 Å². The molecule has 0 saturated heterocycles. The molecule has 0 radical (unpaired) electrons. The lowest BCUT2D eigenvalue weighted by Crippen LogP contribution is -2.32. The van der Waals surface area contributed by atoms with Crippen LogP contribution in [0.3, 0.4) is 0 Å². The van der Waals surface area contributed by atoms with Crippen molar-refractivity contribution in [2.24, 2.45) is 5.92 Å². The third-order valence-electron chi connectivity index (χ3n) is 5.78. The van der Waals surface area contributed by atoms with Crippen molar-refractivity contribution in [3.8, 4) is 17.0 Å². The van der Waals surface area contributed by atoms with E-state index >= 15 is 0 Å². The van der Waals surface area contributed by atoms with Crippen LogP contribution in [0.25, 0.3) is 11.3 Å². The molecule has 0 spiro atoms. The molecule has 2 aromatic rings. The van der Waals surface area contributed by atoms with E-state index in [0.29, 0.717) is 0 Å². The molecule has 9 nitrogen and oxygen atoms in total. The van der Waals surface area contributed by atoms with E-state index in [1.165, 1.54) is 12.8 Å².